The summed E-state index contributed by atoms with van der Waals surface area (Å²) >= 11 is 0. The van der Waals surface area contributed by atoms with Crippen LogP contribution in [-0.2, 0) is 10.0 Å². The number of hydrogen-bond acceptors (Lipinski definition) is 3. The van der Waals surface area contributed by atoms with Gasteiger partial charge in [0.05, 0.1) is 17.5 Å². The molecule has 2 aromatic carbocycles. The summed E-state index contributed by atoms with van der Waals surface area (Å²) in [5, 5.41) is 0. The summed E-state index contributed by atoms with van der Waals surface area (Å²) in [6.07, 6.45) is 1.75. The van der Waals surface area contributed by atoms with Crippen molar-refractivity contribution in [2.75, 3.05) is 13.2 Å². The standard InChI is InChI=1S/C19H23NO3S/c1-3-23-16-10-12-17(13-11-16)24(21,22)20-14-6-9-19(20)18-8-5-4-7-15(18)2/h4-5,7-8,10-13,19H,3,6,9,14H2,1-2H3/t19-/m0/s1. The number of nitrogens with zero attached hydrogens (tertiary/aromatic N) is 1. The van der Waals surface area contributed by atoms with Crippen molar-refractivity contribution in [1.82, 2.24) is 4.31 Å². The monoisotopic (exact) mass is 345 g/mol. The minimum Gasteiger partial charge on any atom is -0.494 e. The highest BCUT2D eigenvalue weighted by molar-refractivity contribution is 7.89. The van der Waals surface area contributed by atoms with E-state index in [1.807, 2.05) is 38.1 Å². The van der Waals surface area contributed by atoms with Gasteiger partial charge in [0.2, 0.25) is 10.0 Å². The Balaban J connectivity index is 1.92. The van der Waals surface area contributed by atoms with Crippen molar-refractivity contribution >= 4 is 10.0 Å². The molecule has 0 radical (unpaired) electrons. The Labute approximate surface area is 144 Å². The number of aryl methyl sites for hydroxylation is 1. The number of benzene rings is 2. The van der Waals surface area contributed by atoms with E-state index in [1.165, 1.54) is 0 Å². The molecule has 3 rings (SSSR count). The molecular weight excluding hydrogens is 322 g/mol. The van der Waals surface area contributed by atoms with Crippen molar-refractivity contribution in [2.45, 2.75) is 37.6 Å². The van der Waals surface area contributed by atoms with Crippen LogP contribution in [-0.4, -0.2) is 25.9 Å². The number of ether oxygens (including phenoxy) is 1. The number of sulfonamides is 1. The summed E-state index contributed by atoms with van der Waals surface area (Å²) in [5.74, 6) is 0.688. The highest BCUT2D eigenvalue weighted by Crippen LogP contribution is 2.37. The van der Waals surface area contributed by atoms with Gasteiger partial charge in [-0.2, -0.15) is 4.31 Å². The van der Waals surface area contributed by atoms with Crippen LogP contribution in [0.25, 0.3) is 0 Å². The van der Waals surface area contributed by atoms with Crippen LogP contribution in [0, 0.1) is 6.92 Å². The van der Waals surface area contributed by atoms with Gasteiger partial charge in [0, 0.05) is 6.54 Å². The Bertz CT molecular complexity index is 800. The molecule has 0 amide bonds. The fourth-order valence-electron chi connectivity index (χ4n) is 3.31. The summed E-state index contributed by atoms with van der Waals surface area (Å²) in [5.41, 5.74) is 2.24. The topological polar surface area (TPSA) is 46.6 Å². The minimum atomic E-state index is -3.51. The van der Waals surface area contributed by atoms with E-state index in [0.717, 1.165) is 24.0 Å². The van der Waals surface area contributed by atoms with E-state index >= 15 is 0 Å². The third kappa shape index (κ3) is 3.19. The SMILES string of the molecule is CCOc1ccc(S(=O)(=O)N2CCC[C@H]2c2ccccc2C)cc1. The predicted octanol–water partition coefficient (Wildman–Crippen LogP) is 3.92. The van der Waals surface area contributed by atoms with E-state index in [2.05, 4.69) is 0 Å². The van der Waals surface area contributed by atoms with Gasteiger partial charge < -0.3 is 4.74 Å². The lowest BCUT2D eigenvalue weighted by Crippen LogP contribution is -2.31. The first-order valence-corrected chi connectivity index (χ1v) is 9.78. The van der Waals surface area contributed by atoms with Crippen molar-refractivity contribution < 1.29 is 13.2 Å². The molecule has 1 heterocycles. The van der Waals surface area contributed by atoms with Crippen LogP contribution in [0.4, 0.5) is 0 Å². The van der Waals surface area contributed by atoms with Gasteiger partial charge in [-0.15, -0.1) is 0 Å². The van der Waals surface area contributed by atoms with Crippen molar-refractivity contribution in [3.63, 3.8) is 0 Å². The first-order chi connectivity index (χ1) is 11.5. The second-order valence-corrected chi connectivity index (χ2v) is 7.93. The van der Waals surface area contributed by atoms with E-state index in [1.54, 1.807) is 28.6 Å². The lowest BCUT2D eigenvalue weighted by atomic mass is 10.0. The second kappa shape index (κ2) is 6.95. The highest BCUT2D eigenvalue weighted by atomic mass is 32.2. The van der Waals surface area contributed by atoms with Gasteiger partial charge in [-0.1, -0.05) is 24.3 Å². The third-order valence-electron chi connectivity index (χ3n) is 4.49. The van der Waals surface area contributed by atoms with Gasteiger partial charge in [0.15, 0.2) is 0 Å². The molecule has 0 N–H and O–H groups in total. The molecule has 1 saturated heterocycles. The molecule has 0 aromatic heterocycles. The minimum absolute atomic E-state index is 0.0808. The molecule has 1 fully saturated rings. The Morgan fingerprint density at radius 2 is 1.83 bits per heavy atom. The van der Waals surface area contributed by atoms with Crippen LogP contribution in [0.2, 0.25) is 0 Å². The Morgan fingerprint density at radius 1 is 1.12 bits per heavy atom. The zero-order chi connectivity index (χ0) is 17.2. The molecule has 5 heteroatoms. The van der Waals surface area contributed by atoms with Crippen LogP contribution < -0.4 is 4.74 Å². The maximum atomic E-state index is 13.1. The van der Waals surface area contributed by atoms with Gasteiger partial charge in [0.1, 0.15) is 5.75 Å². The van der Waals surface area contributed by atoms with Gasteiger partial charge in [0.25, 0.3) is 0 Å². The van der Waals surface area contributed by atoms with Gasteiger partial charge in [-0.25, -0.2) is 8.42 Å². The molecule has 0 aliphatic carbocycles. The first-order valence-electron chi connectivity index (χ1n) is 8.34. The molecule has 128 valence electrons. The second-order valence-electron chi connectivity index (χ2n) is 6.03. The Kier molecular flexibility index (Phi) is 4.92. The molecule has 1 atom stereocenters. The maximum absolute atomic E-state index is 13.1. The lowest BCUT2D eigenvalue weighted by molar-refractivity contribution is 0.340. The zero-order valence-electron chi connectivity index (χ0n) is 14.1. The average molecular weight is 345 g/mol. The smallest absolute Gasteiger partial charge is 0.243 e. The third-order valence-corrected chi connectivity index (χ3v) is 6.41. The van der Waals surface area contributed by atoms with Crippen LogP contribution in [0.3, 0.4) is 0 Å². The maximum Gasteiger partial charge on any atom is 0.243 e. The molecule has 1 aliphatic rings. The first kappa shape index (κ1) is 17.0. The highest BCUT2D eigenvalue weighted by Gasteiger charge is 2.36. The van der Waals surface area contributed by atoms with E-state index in [0.29, 0.717) is 23.8 Å². The van der Waals surface area contributed by atoms with Crippen LogP contribution in [0.1, 0.15) is 36.9 Å². The van der Waals surface area contributed by atoms with Crippen molar-refractivity contribution in [3.05, 3.63) is 59.7 Å². The Hall–Kier alpha value is -1.85. The normalized spacial score (nSPS) is 18.7. The van der Waals surface area contributed by atoms with Crippen LogP contribution in [0.5, 0.6) is 5.75 Å². The molecule has 2 aromatic rings. The van der Waals surface area contributed by atoms with Gasteiger partial charge in [-0.3, -0.25) is 0 Å². The zero-order valence-corrected chi connectivity index (χ0v) is 14.9. The molecule has 0 bridgehead atoms. The Morgan fingerprint density at radius 3 is 2.50 bits per heavy atom. The summed E-state index contributed by atoms with van der Waals surface area (Å²) in [6, 6.07) is 14.6. The van der Waals surface area contributed by atoms with Gasteiger partial charge >= 0.3 is 0 Å². The van der Waals surface area contributed by atoms with Crippen molar-refractivity contribution in [2.24, 2.45) is 0 Å². The van der Waals surface area contributed by atoms with Gasteiger partial charge in [-0.05, 0) is 62.1 Å². The van der Waals surface area contributed by atoms with Crippen molar-refractivity contribution in [3.8, 4) is 5.75 Å². The van der Waals surface area contributed by atoms with Crippen LogP contribution in [0.15, 0.2) is 53.4 Å². The summed E-state index contributed by atoms with van der Waals surface area (Å²) in [6.45, 7) is 5.07. The molecule has 0 saturated carbocycles. The van der Waals surface area contributed by atoms with E-state index < -0.39 is 10.0 Å². The summed E-state index contributed by atoms with van der Waals surface area (Å²) < 4.78 is 33.2. The molecular formula is C19H23NO3S. The van der Waals surface area contributed by atoms with Crippen LogP contribution >= 0.6 is 0 Å². The molecule has 24 heavy (non-hydrogen) atoms. The van der Waals surface area contributed by atoms with Crippen molar-refractivity contribution in [1.29, 1.82) is 0 Å². The quantitative estimate of drug-likeness (QED) is 0.825. The fraction of sp³-hybridized carbons (Fsp3) is 0.368. The molecule has 1 aliphatic heterocycles. The predicted molar refractivity (Wildman–Crippen MR) is 94.7 cm³/mol. The molecule has 0 unspecified atom stereocenters. The molecule has 0 spiro atoms. The summed E-state index contributed by atoms with van der Waals surface area (Å²) in [7, 11) is -3.51. The molecule has 4 nitrogen and oxygen atoms in total. The fourth-order valence-corrected chi connectivity index (χ4v) is 4.98. The van der Waals surface area contributed by atoms with E-state index in [4.69, 9.17) is 4.74 Å². The average Bonchev–Trinajstić information content (AvgIpc) is 3.06. The largest absolute Gasteiger partial charge is 0.494 e. The van der Waals surface area contributed by atoms with E-state index in [9.17, 15) is 8.42 Å². The number of rotatable bonds is 5. The van der Waals surface area contributed by atoms with E-state index in [-0.39, 0.29) is 6.04 Å². The lowest BCUT2D eigenvalue weighted by Gasteiger charge is -2.25. The number of hydrogen-bond donors (Lipinski definition) is 0. The summed E-state index contributed by atoms with van der Waals surface area (Å²) in [4.78, 5) is 0.325.